The van der Waals surface area contributed by atoms with Crippen molar-refractivity contribution in [2.24, 2.45) is 0 Å². The summed E-state index contributed by atoms with van der Waals surface area (Å²) in [6.45, 7) is 6.96. The highest BCUT2D eigenvalue weighted by Gasteiger charge is 2.50. The lowest BCUT2D eigenvalue weighted by atomic mass is 10.0. The van der Waals surface area contributed by atoms with Crippen molar-refractivity contribution in [2.75, 3.05) is 13.7 Å². The number of ether oxygens (including phenoxy) is 1. The Bertz CT molecular complexity index is 1460. The molecule has 224 valence electrons. The van der Waals surface area contributed by atoms with Gasteiger partial charge in [-0.1, -0.05) is 106 Å². The van der Waals surface area contributed by atoms with Crippen molar-refractivity contribution in [2.45, 2.75) is 50.9 Å². The summed E-state index contributed by atoms with van der Waals surface area (Å²) in [5, 5.41) is 34.0. The molecule has 0 amide bonds. The first-order chi connectivity index (χ1) is 20.6. The summed E-state index contributed by atoms with van der Waals surface area (Å²) in [7, 11) is -1.21. The van der Waals surface area contributed by atoms with E-state index in [2.05, 4.69) is 75.0 Å². The average Bonchev–Trinajstić information content (AvgIpc) is 3.01. The van der Waals surface area contributed by atoms with Crippen LogP contribution >= 0.6 is 0 Å². The first-order valence-electron chi connectivity index (χ1n) is 14.6. The van der Waals surface area contributed by atoms with E-state index in [0.29, 0.717) is 18.4 Å². The summed E-state index contributed by atoms with van der Waals surface area (Å²) < 4.78 is 12.4. The number of hydrogen-bond donors (Lipinski definition) is 3. The van der Waals surface area contributed by atoms with E-state index in [1.54, 1.807) is 37.5 Å². The molecule has 0 aliphatic rings. The molecule has 4 aromatic rings. The summed E-state index contributed by atoms with van der Waals surface area (Å²) in [5.74, 6) is 0.834. The van der Waals surface area contributed by atoms with Crippen LogP contribution < -0.4 is 15.1 Å². The van der Waals surface area contributed by atoms with Crippen LogP contribution in [0.1, 0.15) is 56.9 Å². The summed E-state index contributed by atoms with van der Waals surface area (Å²) >= 11 is 0. The van der Waals surface area contributed by atoms with Gasteiger partial charge < -0.3 is 24.5 Å². The quantitative estimate of drug-likeness (QED) is 0.127. The van der Waals surface area contributed by atoms with Crippen molar-refractivity contribution in [3.63, 3.8) is 0 Å². The van der Waals surface area contributed by atoms with Crippen LogP contribution in [0, 0.1) is 0 Å². The van der Waals surface area contributed by atoms with Crippen molar-refractivity contribution in [3.8, 4) is 11.5 Å². The number of methoxy groups -OCH3 is 1. The lowest BCUT2D eigenvalue weighted by Crippen LogP contribution is -2.66. The molecule has 0 saturated heterocycles. The molecule has 5 nitrogen and oxygen atoms in total. The van der Waals surface area contributed by atoms with E-state index in [0.717, 1.165) is 16.9 Å². The number of aliphatic hydroxyl groups is 2. The number of aromatic hydroxyl groups is 1. The molecule has 4 rings (SSSR count). The highest BCUT2D eigenvalue weighted by molar-refractivity contribution is 6.99. The minimum absolute atomic E-state index is 0.109. The molecular formula is C37H42O5Si. The number of rotatable bonds is 12. The number of hydrogen-bond acceptors (Lipinski definition) is 5. The molecule has 0 aliphatic carbocycles. The van der Waals surface area contributed by atoms with Crippen molar-refractivity contribution in [1.29, 1.82) is 0 Å². The third-order valence-electron chi connectivity index (χ3n) is 7.72. The third-order valence-corrected chi connectivity index (χ3v) is 12.7. The zero-order chi connectivity index (χ0) is 30.9. The fraction of sp³-hybridized carbons (Fsp3) is 0.270. The zero-order valence-electron chi connectivity index (χ0n) is 25.4. The lowest BCUT2D eigenvalue weighted by molar-refractivity contribution is 0.172. The second-order valence-corrected chi connectivity index (χ2v) is 16.0. The third kappa shape index (κ3) is 7.93. The Morgan fingerprint density at radius 1 is 0.791 bits per heavy atom. The van der Waals surface area contributed by atoms with Crippen LogP contribution in [0.4, 0.5) is 0 Å². The molecule has 43 heavy (non-hydrogen) atoms. The van der Waals surface area contributed by atoms with E-state index in [1.165, 1.54) is 10.4 Å². The van der Waals surface area contributed by atoms with Gasteiger partial charge in [0, 0.05) is 12.8 Å². The van der Waals surface area contributed by atoms with E-state index in [4.69, 9.17) is 9.16 Å². The summed E-state index contributed by atoms with van der Waals surface area (Å²) in [6.07, 6.45) is 0.818. The SMILES string of the molecule is COc1ccc([C@H](O)CC(=C=CC[C@@H](O)c2cccc(O)c2)CO[Si](c2ccccc2)(c2ccccc2)C(C)(C)C)cc1. The van der Waals surface area contributed by atoms with Gasteiger partial charge in [0.2, 0.25) is 0 Å². The van der Waals surface area contributed by atoms with Gasteiger partial charge in [0.05, 0.1) is 25.9 Å². The molecule has 6 heteroatoms. The van der Waals surface area contributed by atoms with Gasteiger partial charge in [-0.25, -0.2) is 0 Å². The minimum Gasteiger partial charge on any atom is -0.508 e. The first kappa shape index (κ1) is 32.0. The number of phenolic OH excluding ortho intramolecular Hbond substituents is 1. The van der Waals surface area contributed by atoms with Crippen LogP contribution in [0.15, 0.2) is 127 Å². The molecule has 0 unspecified atom stereocenters. The average molecular weight is 595 g/mol. The van der Waals surface area contributed by atoms with Gasteiger partial charge in [-0.05, 0) is 62.5 Å². The molecule has 0 heterocycles. The number of benzene rings is 4. The largest absolute Gasteiger partial charge is 0.508 e. The molecule has 0 aromatic heterocycles. The van der Waals surface area contributed by atoms with E-state index in [-0.39, 0.29) is 17.4 Å². The van der Waals surface area contributed by atoms with Crippen molar-refractivity contribution >= 4 is 18.7 Å². The van der Waals surface area contributed by atoms with Gasteiger partial charge in [-0.2, -0.15) is 0 Å². The fourth-order valence-corrected chi connectivity index (χ4v) is 10.0. The maximum absolute atomic E-state index is 11.3. The fourth-order valence-electron chi connectivity index (χ4n) is 5.48. The molecule has 4 aromatic carbocycles. The highest BCUT2D eigenvalue weighted by atomic mass is 28.4. The Balaban J connectivity index is 1.70. The second kappa shape index (κ2) is 14.5. The van der Waals surface area contributed by atoms with Gasteiger partial charge in [-0.3, -0.25) is 0 Å². The Labute approximate surface area is 256 Å². The molecule has 0 fully saturated rings. The standard InChI is InChI=1S/C37H42O5Si/c1-37(2,3)43(33-16-7-5-8-17-33,34-18-9-6-10-19-34)42-27-28(25-36(40)29-21-23-32(41-4)24-22-29)13-11-20-35(39)30-14-12-15-31(38)26-30/h5-12,14-19,21-24,26,35-36,38-40H,20,25,27H2,1-4H3/t13?,35-,36-/m1/s1. The van der Waals surface area contributed by atoms with Crippen LogP contribution in [0.5, 0.6) is 11.5 Å². The van der Waals surface area contributed by atoms with E-state index in [9.17, 15) is 15.3 Å². The normalized spacial score (nSPS) is 13.1. The van der Waals surface area contributed by atoms with Crippen molar-refractivity contribution in [3.05, 3.63) is 138 Å². The molecule has 3 N–H and O–H groups in total. The molecule has 0 aliphatic heterocycles. The molecule has 0 bridgehead atoms. The van der Waals surface area contributed by atoms with E-state index < -0.39 is 20.5 Å². The first-order valence-corrected chi connectivity index (χ1v) is 16.5. The summed E-state index contributed by atoms with van der Waals surface area (Å²) in [5.41, 5.74) is 5.55. The Hall–Kier alpha value is -3.90. The Morgan fingerprint density at radius 3 is 1.93 bits per heavy atom. The highest BCUT2D eigenvalue weighted by Crippen LogP contribution is 2.37. The molecule has 2 atom stereocenters. The van der Waals surface area contributed by atoms with Crippen molar-refractivity contribution in [1.82, 2.24) is 0 Å². The maximum Gasteiger partial charge on any atom is 0.261 e. The summed E-state index contributed by atoms with van der Waals surface area (Å²) in [6, 6.07) is 34.9. The van der Waals surface area contributed by atoms with Crippen LogP contribution in [0.2, 0.25) is 5.04 Å². The Kier molecular flexibility index (Phi) is 10.8. The predicted octanol–water partition coefficient (Wildman–Crippen LogP) is 6.61. The lowest BCUT2D eigenvalue weighted by Gasteiger charge is -2.43. The van der Waals surface area contributed by atoms with Crippen LogP contribution in [0.25, 0.3) is 0 Å². The van der Waals surface area contributed by atoms with Crippen LogP contribution in [-0.2, 0) is 4.43 Å². The van der Waals surface area contributed by atoms with Crippen LogP contribution in [-0.4, -0.2) is 37.4 Å². The van der Waals surface area contributed by atoms with Gasteiger partial charge >= 0.3 is 0 Å². The van der Waals surface area contributed by atoms with Crippen molar-refractivity contribution < 1.29 is 24.5 Å². The Morgan fingerprint density at radius 2 is 1.40 bits per heavy atom. The minimum atomic E-state index is -2.82. The second-order valence-electron chi connectivity index (χ2n) is 11.7. The number of aliphatic hydroxyl groups excluding tert-OH is 2. The summed E-state index contributed by atoms with van der Waals surface area (Å²) in [4.78, 5) is 0. The topological polar surface area (TPSA) is 79.2 Å². The monoisotopic (exact) mass is 594 g/mol. The van der Waals surface area contributed by atoms with Crippen LogP contribution in [0.3, 0.4) is 0 Å². The molecule has 0 radical (unpaired) electrons. The smallest absolute Gasteiger partial charge is 0.261 e. The molecule has 0 saturated carbocycles. The van der Waals surface area contributed by atoms with Gasteiger partial charge in [-0.15, -0.1) is 5.73 Å². The predicted molar refractivity (Wildman–Crippen MR) is 175 cm³/mol. The van der Waals surface area contributed by atoms with Gasteiger partial charge in [0.15, 0.2) is 0 Å². The molecular weight excluding hydrogens is 552 g/mol. The zero-order valence-corrected chi connectivity index (χ0v) is 26.4. The molecule has 0 spiro atoms. The maximum atomic E-state index is 11.3. The van der Waals surface area contributed by atoms with Gasteiger partial charge in [0.25, 0.3) is 8.32 Å². The van der Waals surface area contributed by atoms with E-state index >= 15 is 0 Å². The number of phenols is 1. The van der Waals surface area contributed by atoms with E-state index in [1.807, 2.05) is 36.4 Å². The van der Waals surface area contributed by atoms with Gasteiger partial charge in [0.1, 0.15) is 11.5 Å².